The third-order valence-corrected chi connectivity index (χ3v) is 3.52. The van der Waals surface area contributed by atoms with Gasteiger partial charge in [0.05, 0.1) is 11.8 Å². The number of aromatic amines is 1. The summed E-state index contributed by atoms with van der Waals surface area (Å²) in [5.41, 5.74) is 0. The average molecular weight is 266 g/mol. The van der Waals surface area contributed by atoms with Crippen LogP contribution >= 0.6 is 0 Å². The maximum absolute atomic E-state index is 11.9. The number of carbonyl (C=O) groups excluding carboxylic acids is 1. The first-order valence-electron chi connectivity index (χ1n) is 6.53. The lowest BCUT2D eigenvalue weighted by atomic mass is 9.95. The predicted molar refractivity (Wildman–Crippen MR) is 66.2 cm³/mol. The number of nitrogens with zero attached hydrogens (tertiary/aromatic N) is 2. The van der Waals surface area contributed by atoms with E-state index >= 15 is 0 Å². The number of nitrogens with one attached hydrogen (secondary N) is 2. The van der Waals surface area contributed by atoms with E-state index < -0.39 is 11.9 Å². The molecule has 1 aromatic heterocycles. The highest BCUT2D eigenvalue weighted by Crippen LogP contribution is 2.31. The topological polar surface area (TPSA) is 108 Å². The van der Waals surface area contributed by atoms with Crippen LogP contribution in [0.1, 0.15) is 31.5 Å². The minimum Gasteiger partial charge on any atom is -0.481 e. The second-order valence-electron chi connectivity index (χ2n) is 4.81. The Kier molecular flexibility index (Phi) is 4.48. The lowest BCUT2D eigenvalue weighted by Crippen LogP contribution is -2.35. The van der Waals surface area contributed by atoms with Crippen molar-refractivity contribution in [3.05, 3.63) is 12.2 Å². The van der Waals surface area contributed by atoms with Crippen LogP contribution in [0, 0.1) is 11.8 Å². The Labute approximate surface area is 110 Å². The van der Waals surface area contributed by atoms with Crippen molar-refractivity contribution < 1.29 is 14.7 Å². The summed E-state index contributed by atoms with van der Waals surface area (Å²) in [7, 11) is 0. The van der Waals surface area contributed by atoms with Crippen molar-refractivity contribution in [1.82, 2.24) is 20.5 Å². The van der Waals surface area contributed by atoms with Crippen LogP contribution in [0.15, 0.2) is 6.33 Å². The van der Waals surface area contributed by atoms with Gasteiger partial charge in [-0.25, -0.2) is 4.98 Å². The number of H-pyrrole nitrogens is 1. The standard InChI is InChI=1S/C12H18N4O3/c17-11(8-3-1-4-9(8)12(18)19)13-6-2-5-10-14-7-15-16-10/h7-9H,1-6H2,(H,13,17)(H,18,19)(H,14,15,16)/t8-,9+/m1/s1. The fourth-order valence-electron chi connectivity index (χ4n) is 2.52. The van der Waals surface area contributed by atoms with Crippen molar-refractivity contribution in [1.29, 1.82) is 0 Å². The van der Waals surface area contributed by atoms with E-state index in [2.05, 4.69) is 20.5 Å². The third-order valence-electron chi connectivity index (χ3n) is 3.52. The van der Waals surface area contributed by atoms with Crippen molar-refractivity contribution in [2.45, 2.75) is 32.1 Å². The minimum atomic E-state index is -0.862. The second kappa shape index (κ2) is 6.31. The van der Waals surface area contributed by atoms with Crippen molar-refractivity contribution in [3.63, 3.8) is 0 Å². The van der Waals surface area contributed by atoms with Crippen molar-refractivity contribution in [2.24, 2.45) is 11.8 Å². The van der Waals surface area contributed by atoms with E-state index in [1.165, 1.54) is 6.33 Å². The highest BCUT2D eigenvalue weighted by molar-refractivity contribution is 5.85. The summed E-state index contributed by atoms with van der Waals surface area (Å²) in [6.07, 6.45) is 5.01. The number of amides is 1. The van der Waals surface area contributed by atoms with Crippen LogP contribution in [0.25, 0.3) is 0 Å². The zero-order chi connectivity index (χ0) is 13.7. The molecule has 2 rings (SSSR count). The molecular formula is C12H18N4O3. The van der Waals surface area contributed by atoms with Crippen LogP contribution in [-0.2, 0) is 16.0 Å². The molecule has 7 heteroatoms. The van der Waals surface area contributed by atoms with Gasteiger partial charge in [-0.2, -0.15) is 5.10 Å². The van der Waals surface area contributed by atoms with E-state index in [1.807, 2.05) is 0 Å². The van der Waals surface area contributed by atoms with Gasteiger partial charge in [-0.15, -0.1) is 0 Å². The number of carboxylic acids is 1. The molecule has 1 heterocycles. The Morgan fingerprint density at radius 3 is 2.89 bits per heavy atom. The Morgan fingerprint density at radius 1 is 1.42 bits per heavy atom. The summed E-state index contributed by atoms with van der Waals surface area (Å²) in [6.45, 7) is 0.530. The molecule has 104 valence electrons. The molecule has 1 aliphatic carbocycles. The SMILES string of the molecule is O=C(O)[C@H]1CCC[C@H]1C(=O)NCCCc1ncn[nH]1. The Morgan fingerprint density at radius 2 is 2.21 bits per heavy atom. The fourth-order valence-corrected chi connectivity index (χ4v) is 2.52. The van der Waals surface area contributed by atoms with Gasteiger partial charge >= 0.3 is 5.97 Å². The van der Waals surface area contributed by atoms with E-state index in [0.29, 0.717) is 25.8 Å². The summed E-state index contributed by atoms with van der Waals surface area (Å²) in [4.78, 5) is 26.9. The molecular weight excluding hydrogens is 248 g/mol. The van der Waals surface area contributed by atoms with Gasteiger partial charge in [0.15, 0.2) is 0 Å². The molecule has 0 unspecified atom stereocenters. The van der Waals surface area contributed by atoms with Crippen LogP contribution < -0.4 is 5.32 Å². The van der Waals surface area contributed by atoms with Gasteiger partial charge in [0, 0.05) is 13.0 Å². The third kappa shape index (κ3) is 3.52. The number of aryl methyl sites for hydroxylation is 1. The molecule has 0 aromatic carbocycles. The van der Waals surface area contributed by atoms with E-state index in [-0.39, 0.29) is 11.8 Å². The summed E-state index contributed by atoms with van der Waals surface area (Å²) in [6, 6.07) is 0. The summed E-state index contributed by atoms with van der Waals surface area (Å²) in [5, 5.41) is 18.3. The summed E-state index contributed by atoms with van der Waals surface area (Å²) >= 11 is 0. The monoisotopic (exact) mass is 266 g/mol. The van der Waals surface area contributed by atoms with Crippen molar-refractivity contribution in [2.75, 3.05) is 6.54 Å². The molecule has 0 bridgehead atoms. The zero-order valence-corrected chi connectivity index (χ0v) is 10.6. The molecule has 1 aromatic rings. The van der Waals surface area contributed by atoms with Crippen molar-refractivity contribution in [3.8, 4) is 0 Å². The largest absolute Gasteiger partial charge is 0.481 e. The van der Waals surface area contributed by atoms with Gasteiger partial charge in [0.1, 0.15) is 12.2 Å². The average Bonchev–Trinajstić information content (AvgIpc) is 3.04. The number of carboxylic acid groups (broad SMARTS) is 1. The highest BCUT2D eigenvalue weighted by Gasteiger charge is 2.37. The molecule has 19 heavy (non-hydrogen) atoms. The van der Waals surface area contributed by atoms with Gasteiger partial charge in [-0.05, 0) is 19.3 Å². The molecule has 1 amide bonds. The van der Waals surface area contributed by atoms with Gasteiger partial charge < -0.3 is 10.4 Å². The molecule has 0 radical (unpaired) electrons. The molecule has 0 spiro atoms. The minimum absolute atomic E-state index is 0.137. The Bertz CT molecular complexity index is 432. The number of rotatable bonds is 6. The van der Waals surface area contributed by atoms with Crippen LogP contribution in [-0.4, -0.2) is 38.7 Å². The van der Waals surface area contributed by atoms with E-state index in [9.17, 15) is 9.59 Å². The van der Waals surface area contributed by atoms with Gasteiger partial charge in [-0.3, -0.25) is 14.7 Å². The summed E-state index contributed by atoms with van der Waals surface area (Å²) < 4.78 is 0. The number of hydrogen-bond donors (Lipinski definition) is 3. The Balaban J connectivity index is 1.70. The first-order chi connectivity index (χ1) is 9.18. The zero-order valence-electron chi connectivity index (χ0n) is 10.6. The van der Waals surface area contributed by atoms with Crippen molar-refractivity contribution >= 4 is 11.9 Å². The van der Waals surface area contributed by atoms with Gasteiger partial charge in [0.25, 0.3) is 0 Å². The number of aliphatic carboxylic acids is 1. The molecule has 1 saturated carbocycles. The number of aromatic nitrogens is 3. The molecule has 1 fully saturated rings. The first kappa shape index (κ1) is 13.5. The fraction of sp³-hybridized carbons (Fsp3) is 0.667. The molecule has 1 aliphatic rings. The highest BCUT2D eigenvalue weighted by atomic mass is 16.4. The predicted octanol–water partition coefficient (Wildman–Crippen LogP) is 0.354. The summed E-state index contributed by atoms with van der Waals surface area (Å²) in [5.74, 6) is -1.10. The Hall–Kier alpha value is -1.92. The smallest absolute Gasteiger partial charge is 0.307 e. The maximum Gasteiger partial charge on any atom is 0.307 e. The molecule has 3 N–H and O–H groups in total. The first-order valence-corrected chi connectivity index (χ1v) is 6.53. The lowest BCUT2D eigenvalue weighted by molar-refractivity contribution is -0.146. The van der Waals surface area contributed by atoms with Gasteiger partial charge in [0.2, 0.25) is 5.91 Å². The van der Waals surface area contributed by atoms with Crippen LogP contribution in [0.4, 0.5) is 0 Å². The lowest BCUT2D eigenvalue weighted by Gasteiger charge is -2.15. The van der Waals surface area contributed by atoms with Crippen LogP contribution in [0.2, 0.25) is 0 Å². The molecule has 7 nitrogen and oxygen atoms in total. The molecule has 2 atom stereocenters. The van der Waals surface area contributed by atoms with E-state index in [1.54, 1.807) is 0 Å². The van der Waals surface area contributed by atoms with Gasteiger partial charge in [-0.1, -0.05) is 6.42 Å². The van der Waals surface area contributed by atoms with E-state index in [4.69, 9.17) is 5.11 Å². The number of carbonyl (C=O) groups is 2. The second-order valence-corrected chi connectivity index (χ2v) is 4.81. The van der Waals surface area contributed by atoms with E-state index in [0.717, 1.165) is 18.7 Å². The van der Waals surface area contributed by atoms with Crippen LogP contribution in [0.3, 0.4) is 0 Å². The molecule has 0 saturated heterocycles. The number of hydrogen-bond acceptors (Lipinski definition) is 4. The quantitative estimate of drug-likeness (QED) is 0.644. The molecule has 0 aliphatic heterocycles. The normalized spacial score (nSPS) is 22.3. The maximum atomic E-state index is 11.9. The van der Waals surface area contributed by atoms with Crippen LogP contribution in [0.5, 0.6) is 0 Å².